The number of hydrogen-bond donors (Lipinski definition) is 0. The molecule has 0 unspecified atom stereocenters. The molecule has 0 radical (unpaired) electrons. The summed E-state index contributed by atoms with van der Waals surface area (Å²) in [6.45, 7) is 0. The molecule has 0 atom stereocenters. The van der Waals surface area contributed by atoms with E-state index in [0.29, 0.717) is 22.7 Å². The lowest BCUT2D eigenvalue weighted by molar-refractivity contribution is 0.0692. The zero-order valence-electron chi connectivity index (χ0n) is 16.8. The summed E-state index contributed by atoms with van der Waals surface area (Å²) in [6.07, 6.45) is 0. The van der Waals surface area contributed by atoms with Crippen LogP contribution in [0.1, 0.15) is 21.5 Å². The summed E-state index contributed by atoms with van der Waals surface area (Å²) in [5.74, 6) is -0.108. The van der Waals surface area contributed by atoms with E-state index >= 15 is 0 Å². The van der Waals surface area contributed by atoms with E-state index in [1.165, 1.54) is 0 Å². The average Bonchev–Trinajstić information content (AvgIpc) is 2.86. The van der Waals surface area contributed by atoms with Gasteiger partial charge in [0.1, 0.15) is 5.70 Å². The molecule has 150 valence electrons. The SMILES string of the molecule is O=C(O/C(=C(/N=Nc1ccccc1)c1ccccc1)c1ccccc1)c1ccccc1. The van der Waals surface area contributed by atoms with Crippen LogP contribution in [-0.4, -0.2) is 5.97 Å². The highest BCUT2D eigenvalue weighted by Gasteiger charge is 2.18. The van der Waals surface area contributed by atoms with Gasteiger partial charge in [-0.05, 0) is 24.3 Å². The van der Waals surface area contributed by atoms with Crippen LogP contribution in [0.3, 0.4) is 0 Å². The Hall–Kier alpha value is -4.31. The molecule has 0 aromatic heterocycles. The lowest BCUT2D eigenvalue weighted by atomic mass is 10.1. The van der Waals surface area contributed by atoms with Gasteiger partial charge in [-0.25, -0.2) is 4.79 Å². The zero-order valence-corrected chi connectivity index (χ0v) is 16.8. The third-order valence-electron chi connectivity index (χ3n) is 4.52. The van der Waals surface area contributed by atoms with E-state index in [2.05, 4.69) is 10.2 Å². The van der Waals surface area contributed by atoms with E-state index in [4.69, 9.17) is 4.74 Å². The molecule has 31 heavy (non-hydrogen) atoms. The van der Waals surface area contributed by atoms with Crippen LogP contribution >= 0.6 is 0 Å². The van der Waals surface area contributed by atoms with Gasteiger partial charge in [0.25, 0.3) is 0 Å². The standard InChI is InChI=1S/C27H20N2O2/c30-27(23-17-9-3-10-18-23)31-26(22-15-7-2-8-16-22)25(21-13-5-1-6-14-21)29-28-24-19-11-4-12-20-24/h1-20H/b26-25+,29-28?. The minimum atomic E-state index is -0.456. The molecule has 4 nitrogen and oxygen atoms in total. The van der Waals surface area contributed by atoms with Gasteiger partial charge in [0.2, 0.25) is 0 Å². The van der Waals surface area contributed by atoms with Crippen molar-refractivity contribution in [3.8, 4) is 0 Å². The second kappa shape index (κ2) is 9.94. The number of benzene rings is 4. The third kappa shape index (κ3) is 5.19. The van der Waals surface area contributed by atoms with Crippen LogP contribution in [0.25, 0.3) is 11.5 Å². The second-order valence-electron chi connectivity index (χ2n) is 6.70. The fourth-order valence-corrected chi connectivity index (χ4v) is 2.99. The first kappa shape index (κ1) is 20.0. The Morgan fingerprint density at radius 1 is 0.548 bits per heavy atom. The molecule has 0 aliphatic heterocycles. The van der Waals surface area contributed by atoms with Crippen LogP contribution in [0.15, 0.2) is 132 Å². The molecule has 0 aliphatic carbocycles. The Balaban J connectivity index is 1.85. The molecule has 0 amide bonds. The summed E-state index contributed by atoms with van der Waals surface area (Å²) < 4.78 is 5.91. The number of ether oxygens (including phenoxy) is 1. The van der Waals surface area contributed by atoms with Gasteiger partial charge in [0.05, 0.1) is 11.3 Å². The summed E-state index contributed by atoms with van der Waals surface area (Å²) in [7, 11) is 0. The summed E-state index contributed by atoms with van der Waals surface area (Å²) >= 11 is 0. The van der Waals surface area contributed by atoms with Gasteiger partial charge in [-0.2, -0.15) is 5.11 Å². The fourth-order valence-electron chi connectivity index (χ4n) is 2.99. The largest absolute Gasteiger partial charge is 0.420 e. The minimum Gasteiger partial charge on any atom is -0.420 e. The molecule has 4 heteroatoms. The molecule has 0 heterocycles. The predicted molar refractivity (Wildman–Crippen MR) is 123 cm³/mol. The van der Waals surface area contributed by atoms with E-state index in [9.17, 15) is 4.79 Å². The number of azo groups is 1. The number of nitrogens with zero attached hydrogens (tertiary/aromatic N) is 2. The molecule has 4 aromatic rings. The first-order valence-electron chi connectivity index (χ1n) is 9.90. The molecule has 0 aliphatic rings. The van der Waals surface area contributed by atoms with Gasteiger partial charge in [0.15, 0.2) is 5.76 Å². The molecule has 4 aromatic carbocycles. The average molecular weight is 404 g/mol. The van der Waals surface area contributed by atoms with Crippen LogP contribution in [0, 0.1) is 0 Å². The third-order valence-corrected chi connectivity index (χ3v) is 4.52. The van der Waals surface area contributed by atoms with E-state index in [1.807, 2.05) is 97.1 Å². The van der Waals surface area contributed by atoms with Gasteiger partial charge in [-0.3, -0.25) is 0 Å². The highest BCUT2D eigenvalue weighted by Crippen LogP contribution is 2.31. The maximum atomic E-state index is 12.9. The van der Waals surface area contributed by atoms with Crippen molar-refractivity contribution in [3.05, 3.63) is 138 Å². The summed E-state index contributed by atoms with van der Waals surface area (Å²) in [4.78, 5) is 12.9. The lowest BCUT2D eigenvalue weighted by Gasteiger charge is -2.13. The molecule has 4 rings (SSSR count). The van der Waals surface area contributed by atoms with Gasteiger partial charge in [0, 0.05) is 11.1 Å². The first-order valence-corrected chi connectivity index (χ1v) is 9.90. The Morgan fingerprint density at radius 2 is 1.00 bits per heavy atom. The van der Waals surface area contributed by atoms with E-state index in [1.54, 1.807) is 24.3 Å². The van der Waals surface area contributed by atoms with E-state index in [0.717, 1.165) is 11.1 Å². The topological polar surface area (TPSA) is 51.0 Å². The van der Waals surface area contributed by atoms with Gasteiger partial charge in [-0.15, -0.1) is 5.11 Å². The molecule has 0 fully saturated rings. The van der Waals surface area contributed by atoms with Crippen LogP contribution in [-0.2, 0) is 4.74 Å². The van der Waals surface area contributed by atoms with Crippen LogP contribution < -0.4 is 0 Å². The lowest BCUT2D eigenvalue weighted by Crippen LogP contribution is -2.06. The predicted octanol–water partition coefficient (Wildman–Crippen LogP) is 7.15. The van der Waals surface area contributed by atoms with Crippen molar-refractivity contribution < 1.29 is 9.53 Å². The van der Waals surface area contributed by atoms with Crippen molar-refractivity contribution >= 4 is 23.1 Å². The molecule has 0 saturated heterocycles. The smallest absolute Gasteiger partial charge is 0.343 e. The second-order valence-corrected chi connectivity index (χ2v) is 6.70. The number of esters is 1. The van der Waals surface area contributed by atoms with E-state index in [-0.39, 0.29) is 0 Å². The molecule has 0 spiro atoms. The van der Waals surface area contributed by atoms with Crippen LogP contribution in [0.2, 0.25) is 0 Å². The summed E-state index contributed by atoms with van der Waals surface area (Å²) in [6, 6.07) is 37.4. The Labute approximate surface area is 181 Å². The molecule has 0 N–H and O–H groups in total. The van der Waals surface area contributed by atoms with Crippen LogP contribution in [0.5, 0.6) is 0 Å². The van der Waals surface area contributed by atoms with Crippen molar-refractivity contribution in [1.82, 2.24) is 0 Å². The summed E-state index contributed by atoms with van der Waals surface area (Å²) in [5.41, 5.74) is 3.17. The molecular weight excluding hydrogens is 384 g/mol. The van der Waals surface area contributed by atoms with Gasteiger partial charge < -0.3 is 4.74 Å². The highest BCUT2D eigenvalue weighted by atomic mass is 16.5. The van der Waals surface area contributed by atoms with Crippen LogP contribution in [0.4, 0.5) is 5.69 Å². The van der Waals surface area contributed by atoms with Crippen molar-refractivity contribution in [2.45, 2.75) is 0 Å². The van der Waals surface area contributed by atoms with Gasteiger partial charge >= 0.3 is 5.97 Å². The zero-order chi connectivity index (χ0) is 21.3. The quantitative estimate of drug-likeness (QED) is 0.148. The van der Waals surface area contributed by atoms with E-state index < -0.39 is 5.97 Å². The minimum absolute atomic E-state index is 0.348. The Bertz CT molecular complexity index is 1190. The van der Waals surface area contributed by atoms with Crippen molar-refractivity contribution in [2.75, 3.05) is 0 Å². The maximum absolute atomic E-state index is 12.9. The number of carbonyl (C=O) groups is 1. The van der Waals surface area contributed by atoms with Gasteiger partial charge in [-0.1, -0.05) is 97.1 Å². The van der Waals surface area contributed by atoms with Crippen molar-refractivity contribution in [3.63, 3.8) is 0 Å². The normalized spacial score (nSPS) is 11.7. The number of carbonyl (C=O) groups excluding carboxylic acids is 1. The molecule has 0 saturated carbocycles. The maximum Gasteiger partial charge on any atom is 0.343 e. The fraction of sp³-hybridized carbons (Fsp3) is 0. The first-order chi connectivity index (χ1) is 15.3. The Morgan fingerprint density at radius 3 is 1.55 bits per heavy atom. The number of hydrogen-bond acceptors (Lipinski definition) is 4. The highest BCUT2D eigenvalue weighted by molar-refractivity contribution is 5.97. The Kier molecular flexibility index (Phi) is 6.41. The van der Waals surface area contributed by atoms with Crippen molar-refractivity contribution in [1.29, 1.82) is 0 Å². The monoisotopic (exact) mass is 404 g/mol. The molecule has 0 bridgehead atoms. The number of rotatable bonds is 6. The molecular formula is C27H20N2O2. The van der Waals surface area contributed by atoms with Crippen molar-refractivity contribution in [2.24, 2.45) is 10.2 Å². The summed E-state index contributed by atoms with van der Waals surface area (Å²) in [5, 5.41) is 8.90.